The number of nitrogen functional groups attached to an aromatic ring is 1. The van der Waals surface area contributed by atoms with Crippen LogP contribution in [0.1, 0.15) is 12.7 Å². The predicted octanol–water partition coefficient (Wildman–Crippen LogP) is -1.74. The first-order valence-electron chi connectivity index (χ1n) is 12.4. The number of aliphatic hydroxyl groups excluding tert-OH is 1. The van der Waals surface area contributed by atoms with Gasteiger partial charge in [0.1, 0.15) is 35.8 Å². The second-order valence-electron chi connectivity index (χ2n) is 9.12. The number of hydrogen-bond donors (Lipinski definition) is 5. The second-order valence-corrected chi connectivity index (χ2v) is 11.0. The van der Waals surface area contributed by atoms with Crippen molar-refractivity contribution in [2.75, 3.05) is 24.7 Å². The van der Waals surface area contributed by atoms with Crippen LogP contribution in [0.5, 0.6) is 0 Å². The number of nitrogens with one attached hydrogen (secondary N) is 1. The van der Waals surface area contributed by atoms with E-state index in [1.54, 1.807) is 30.1 Å². The number of carbonyl (C=O) groups is 3. The molecule has 1 saturated heterocycles. The van der Waals surface area contributed by atoms with Crippen molar-refractivity contribution in [1.82, 2.24) is 29.1 Å². The maximum atomic E-state index is 13.2. The normalized spacial score (nSPS) is 19.6. The molecule has 3 unspecified atom stereocenters. The number of carboxylic acids is 1. The van der Waals surface area contributed by atoms with Crippen molar-refractivity contribution in [2.45, 2.75) is 37.5 Å². The average molecular weight is 604 g/mol. The SMILES string of the molecule is CCO/N=C(\C(=O)NC1C(=O)N2C(C(=O)O)=C(C[n+]3cccc4c3ncn4CC(N)CO)CSC12)c1nsc(N)n1. The third-order valence-electron chi connectivity index (χ3n) is 6.37. The van der Waals surface area contributed by atoms with E-state index in [1.807, 2.05) is 10.6 Å². The monoisotopic (exact) mass is 603 g/mol. The number of anilines is 1. The molecule has 0 aliphatic carbocycles. The van der Waals surface area contributed by atoms with Gasteiger partial charge in [-0.25, -0.2) is 9.36 Å². The van der Waals surface area contributed by atoms with E-state index in [4.69, 9.17) is 16.3 Å². The van der Waals surface area contributed by atoms with Gasteiger partial charge in [-0.2, -0.15) is 9.36 Å². The molecule has 1 fully saturated rings. The molecule has 16 nitrogen and oxygen atoms in total. The summed E-state index contributed by atoms with van der Waals surface area (Å²) in [6.07, 6.45) is 3.38. The molecule has 0 bridgehead atoms. The summed E-state index contributed by atoms with van der Waals surface area (Å²) < 4.78 is 7.60. The first kappa shape index (κ1) is 28.4. The number of carboxylic acid groups (broad SMARTS) is 1. The third-order valence-corrected chi connectivity index (χ3v) is 8.25. The Bertz CT molecular complexity index is 1570. The maximum Gasteiger partial charge on any atom is 0.352 e. The van der Waals surface area contributed by atoms with E-state index in [0.29, 0.717) is 23.5 Å². The Morgan fingerprint density at radius 1 is 1.41 bits per heavy atom. The predicted molar refractivity (Wildman–Crippen MR) is 147 cm³/mol. The van der Waals surface area contributed by atoms with Crippen molar-refractivity contribution in [3.05, 3.63) is 41.8 Å². The lowest BCUT2D eigenvalue weighted by Crippen LogP contribution is -2.71. The van der Waals surface area contributed by atoms with Crippen molar-refractivity contribution >= 4 is 63.1 Å². The zero-order valence-corrected chi connectivity index (χ0v) is 23.3. The van der Waals surface area contributed by atoms with Gasteiger partial charge in [0.2, 0.25) is 17.9 Å². The van der Waals surface area contributed by atoms with Crippen LogP contribution in [0.15, 0.2) is 41.1 Å². The van der Waals surface area contributed by atoms with Crippen LogP contribution in [0, 0.1) is 0 Å². The topological polar surface area (TPSA) is 228 Å². The molecule has 0 saturated carbocycles. The van der Waals surface area contributed by atoms with Gasteiger partial charge in [0.05, 0.1) is 12.8 Å². The molecule has 2 aliphatic rings. The van der Waals surface area contributed by atoms with E-state index < -0.39 is 35.2 Å². The number of amides is 2. The highest BCUT2D eigenvalue weighted by atomic mass is 32.2. The van der Waals surface area contributed by atoms with Gasteiger partial charge in [-0.15, -0.1) is 11.8 Å². The van der Waals surface area contributed by atoms with E-state index in [0.717, 1.165) is 17.0 Å². The number of carbonyl (C=O) groups excluding carboxylic acids is 2. The van der Waals surface area contributed by atoms with Gasteiger partial charge in [0.15, 0.2) is 5.13 Å². The Labute approximate surface area is 240 Å². The lowest BCUT2D eigenvalue weighted by molar-refractivity contribution is -0.664. The molecule has 2 amide bonds. The fourth-order valence-corrected chi connectivity index (χ4v) is 6.30. The lowest BCUT2D eigenvalue weighted by Gasteiger charge is -2.49. The summed E-state index contributed by atoms with van der Waals surface area (Å²) in [6, 6.07) is 2.20. The summed E-state index contributed by atoms with van der Waals surface area (Å²) in [5.41, 5.74) is 13.0. The standard InChI is InChI=1S/C23H26N10O6S2/c1-2-39-29-14(17-28-23(25)41-30-17)19(35)27-15-20(36)33-16(22(37)38)11(9-40-21(15)33)6-31-5-3-4-13-18(31)26-10-32(13)7-12(24)8-34/h3-5,10,12,15,21,34H,2,6-9,24H2,1H3,(H3-,25,27,28,30,35,37,38)/p+1/b29-14-. The summed E-state index contributed by atoms with van der Waals surface area (Å²) in [5.74, 6) is -2.32. The van der Waals surface area contributed by atoms with Gasteiger partial charge in [0, 0.05) is 35.4 Å². The fourth-order valence-electron chi connectivity index (χ4n) is 4.53. The molecule has 2 aliphatic heterocycles. The Morgan fingerprint density at radius 3 is 2.90 bits per heavy atom. The van der Waals surface area contributed by atoms with Crippen LogP contribution < -0.4 is 21.4 Å². The highest BCUT2D eigenvalue weighted by Gasteiger charge is 2.54. The molecular formula is C23H27N10O6S2+. The molecule has 216 valence electrons. The number of oxime groups is 1. The van der Waals surface area contributed by atoms with E-state index in [1.165, 1.54) is 16.7 Å². The highest BCUT2D eigenvalue weighted by Crippen LogP contribution is 2.40. The van der Waals surface area contributed by atoms with Gasteiger partial charge >= 0.3 is 11.6 Å². The number of β-lactam (4-membered cyclic amide) rings is 1. The number of hydrogen-bond acceptors (Lipinski definition) is 13. The molecule has 41 heavy (non-hydrogen) atoms. The molecule has 18 heteroatoms. The van der Waals surface area contributed by atoms with Gasteiger partial charge in [0.25, 0.3) is 11.8 Å². The summed E-state index contributed by atoms with van der Waals surface area (Å²) in [5, 5.41) is 25.3. The van der Waals surface area contributed by atoms with Crippen LogP contribution in [0.2, 0.25) is 0 Å². The first-order chi connectivity index (χ1) is 19.7. The number of fused-ring (bicyclic) bond motifs is 2. The zero-order valence-electron chi connectivity index (χ0n) is 21.7. The van der Waals surface area contributed by atoms with E-state index in [2.05, 4.69) is 24.8 Å². The third kappa shape index (κ3) is 5.45. The number of rotatable bonds is 11. The Morgan fingerprint density at radius 2 is 2.22 bits per heavy atom. The van der Waals surface area contributed by atoms with E-state index in [9.17, 15) is 24.6 Å². The van der Waals surface area contributed by atoms with Crippen molar-refractivity contribution < 1.29 is 34.0 Å². The van der Waals surface area contributed by atoms with Crippen LogP contribution in [0.25, 0.3) is 11.2 Å². The molecule has 7 N–H and O–H groups in total. The smallest absolute Gasteiger partial charge is 0.352 e. The highest BCUT2D eigenvalue weighted by molar-refractivity contribution is 8.00. The molecule has 5 heterocycles. The Kier molecular flexibility index (Phi) is 8.15. The number of nitrogens with two attached hydrogens (primary N) is 2. The van der Waals surface area contributed by atoms with Crippen molar-refractivity contribution in [2.24, 2.45) is 10.9 Å². The van der Waals surface area contributed by atoms with Gasteiger partial charge in [-0.3, -0.25) is 14.5 Å². The molecule has 3 atom stereocenters. The minimum Gasteiger partial charge on any atom is -0.477 e. The van der Waals surface area contributed by atoms with Crippen LogP contribution in [-0.4, -0.2) is 93.9 Å². The Hall–Kier alpha value is -4.13. The van der Waals surface area contributed by atoms with E-state index in [-0.39, 0.29) is 42.1 Å². The van der Waals surface area contributed by atoms with Crippen LogP contribution in [-0.2, 0) is 32.3 Å². The maximum absolute atomic E-state index is 13.2. The van der Waals surface area contributed by atoms with Crippen LogP contribution in [0.4, 0.5) is 5.13 Å². The average Bonchev–Trinajstić information content (AvgIpc) is 3.58. The van der Waals surface area contributed by atoms with Gasteiger partial charge < -0.3 is 36.4 Å². The van der Waals surface area contributed by atoms with Crippen LogP contribution in [0.3, 0.4) is 0 Å². The molecule has 0 radical (unpaired) electrons. The number of aliphatic carboxylic acids is 1. The number of aromatic nitrogens is 5. The zero-order chi connectivity index (χ0) is 29.3. The molecule has 3 aromatic heterocycles. The number of nitrogens with zero attached hydrogens (tertiary/aromatic N) is 7. The first-order valence-corrected chi connectivity index (χ1v) is 14.3. The van der Waals surface area contributed by atoms with Crippen molar-refractivity contribution in [1.29, 1.82) is 0 Å². The molecule has 0 aromatic carbocycles. The minimum absolute atomic E-state index is 0.0428. The van der Waals surface area contributed by atoms with Gasteiger partial charge in [-0.1, -0.05) is 5.16 Å². The molecular weight excluding hydrogens is 576 g/mol. The second kappa shape index (κ2) is 11.8. The van der Waals surface area contributed by atoms with Gasteiger partial charge in [-0.05, 0) is 24.0 Å². The number of imidazole rings is 1. The number of pyridine rings is 1. The van der Waals surface area contributed by atoms with Crippen LogP contribution >= 0.6 is 23.3 Å². The summed E-state index contributed by atoms with van der Waals surface area (Å²) in [7, 11) is 0. The Balaban J connectivity index is 1.37. The minimum atomic E-state index is -1.25. The summed E-state index contributed by atoms with van der Waals surface area (Å²) >= 11 is 2.21. The quantitative estimate of drug-likeness (QED) is 0.0712. The number of thioether (sulfide) groups is 1. The largest absolute Gasteiger partial charge is 0.477 e. The molecule has 5 rings (SSSR count). The summed E-state index contributed by atoms with van der Waals surface area (Å²) in [6.45, 7) is 2.22. The number of aliphatic hydroxyl groups is 1. The molecule has 0 spiro atoms. The van der Waals surface area contributed by atoms with Crippen molar-refractivity contribution in [3.63, 3.8) is 0 Å². The fraction of sp³-hybridized carbons (Fsp3) is 0.391. The van der Waals surface area contributed by atoms with E-state index >= 15 is 0 Å². The molecule has 3 aromatic rings. The van der Waals surface area contributed by atoms with Crippen molar-refractivity contribution in [3.8, 4) is 0 Å². The summed E-state index contributed by atoms with van der Waals surface area (Å²) in [4.78, 5) is 53.2. The lowest BCUT2D eigenvalue weighted by atomic mass is 10.0.